The third kappa shape index (κ3) is 6.44. The van der Waals surface area contributed by atoms with Gasteiger partial charge in [-0.2, -0.15) is 24.4 Å². The maximum atomic E-state index is 4.60. The van der Waals surface area contributed by atoms with Gasteiger partial charge in [0.1, 0.15) is 0 Å². The van der Waals surface area contributed by atoms with Gasteiger partial charge in [0.2, 0.25) is 0 Å². The summed E-state index contributed by atoms with van der Waals surface area (Å²) in [4.78, 5) is 0. The molecular formula is C14H30S2. The van der Waals surface area contributed by atoms with Crippen molar-refractivity contribution in [3.63, 3.8) is 0 Å². The zero-order valence-electron chi connectivity index (χ0n) is 11.6. The largest absolute Gasteiger partial charge is 0.179 e. The zero-order chi connectivity index (χ0) is 12.4. The lowest BCUT2D eigenvalue weighted by Crippen LogP contribution is -2.26. The van der Waals surface area contributed by atoms with Crippen LogP contribution in [0.5, 0.6) is 0 Å². The third-order valence-electron chi connectivity index (χ3n) is 3.40. The van der Waals surface area contributed by atoms with E-state index in [9.17, 15) is 0 Å². The average molecular weight is 263 g/mol. The first kappa shape index (κ1) is 16.7. The predicted octanol–water partition coefficient (Wildman–Crippen LogP) is 5.28. The normalized spacial score (nSPS) is 14.1. The molecule has 0 bridgehead atoms. The minimum Gasteiger partial charge on any atom is -0.179 e. The molecule has 0 rings (SSSR count). The molecule has 0 spiro atoms. The monoisotopic (exact) mass is 262 g/mol. The Bertz CT molecular complexity index is 151. The first-order chi connectivity index (χ1) is 7.64. The lowest BCUT2D eigenvalue weighted by molar-refractivity contribution is 0.318. The highest BCUT2D eigenvalue weighted by molar-refractivity contribution is 7.99. The SMILES string of the molecule is CCCC(CS)(CCC)CSCC(C)CC. The van der Waals surface area contributed by atoms with Gasteiger partial charge in [-0.05, 0) is 41.4 Å². The number of hydrogen-bond acceptors (Lipinski definition) is 2. The maximum Gasteiger partial charge on any atom is -0.000290 e. The van der Waals surface area contributed by atoms with Crippen molar-refractivity contribution >= 4 is 24.4 Å². The van der Waals surface area contributed by atoms with Gasteiger partial charge in [0.15, 0.2) is 0 Å². The van der Waals surface area contributed by atoms with E-state index in [4.69, 9.17) is 0 Å². The summed E-state index contributed by atoms with van der Waals surface area (Å²) in [6.45, 7) is 9.24. The van der Waals surface area contributed by atoms with Crippen LogP contribution in [0.25, 0.3) is 0 Å². The summed E-state index contributed by atoms with van der Waals surface area (Å²) in [6, 6.07) is 0. The Hall–Kier alpha value is 0.700. The fourth-order valence-electron chi connectivity index (χ4n) is 2.13. The molecule has 1 atom stereocenters. The van der Waals surface area contributed by atoms with Gasteiger partial charge in [-0.3, -0.25) is 0 Å². The highest BCUT2D eigenvalue weighted by atomic mass is 32.2. The van der Waals surface area contributed by atoms with Crippen LogP contribution < -0.4 is 0 Å². The van der Waals surface area contributed by atoms with E-state index < -0.39 is 0 Å². The van der Waals surface area contributed by atoms with Gasteiger partial charge in [-0.1, -0.05) is 47.0 Å². The quantitative estimate of drug-likeness (QED) is 0.522. The zero-order valence-corrected chi connectivity index (χ0v) is 13.3. The molecular weight excluding hydrogens is 232 g/mol. The second-order valence-corrected chi connectivity index (χ2v) is 6.53. The second-order valence-electron chi connectivity index (χ2n) is 5.19. The Labute approximate surface area is 113 Å². The molecule has 16 heavy (non-hydrogen) atoms. The Morgan fingerprint density at radius 3 is 2.06 bits per heavy atom. The first-order valence-corrected chi connectivity index (χ1v) is 8.61. The van der Waals surface area contributed by atoms with Gasteiger partial charge in [-0.25, -0.2) is 0 Å². The molecule has 98 valence electrons. The second kappa shape index (κ2) is 9.70. The van der Waals surface area contributed by atoms with Crippen molar-refractivity contribution in [3.05, 3.63) is 0 Å². The van der Waals surface area contributed by atoms with Crippen LogP contribution in [0, 0.1) is 11.3 Å². The molecule has 1 unspecified atom stereocenters. The predicted molar refractivity (Wildman–Crippen MR) is 82.9 cm³/mol. The van der Waals surface area contributed by atoms with Crippen molar-refractivity contribution in [3.8, 4) is 0 Å². The van der Waals surface area contributed by atoms with Crippen LogP contribution in [0.1, 0.15) is 59.8 Å². The van der Waals surface area contributed by atoms with E-state index in [0.717, 1.165) is 11.7 Å². The molecule has 0 aromatic rings. The molecule has 0 aliphatic carbocycles. The van der Waals surface area contributed by atoms with Gasteiger partial charge in [-0.15, -0.1) is 0 Å². The van der Waals surface area contributed by atoms with E-state index in [1.165, 1.54) is 43.6 Å². The highest BCUT2D eigenvalue weighted by Crippen LogP contribution is 2.35. The van der Waals surface area contributed by atoms with Crippen molar-refractivity contribution in [1.82, 2.24) is 0 Å². The smallest absolute Gasteiger partial charge is 0.000290 e. The summed E-state index contributed by atoms with van der Waals surface area (Å²) in [5, 5.41) is 0. The van der Waals surface area contributed by atoms with Crippen LogP contribution in [0.2, 0.25) is 0 Å². The molecule has 0 aromatic carbocycles. The fraction of sp³-hybridized carbons (Fsp3) is 1.00. The molecule has 0 aliphatic rings. The van der Waals surface area contributed by atoms with Crippen LogP contribution in [0.4, 0.5) is 0 Å². The van der Waals surface area contributed by atoms with Crippen molar-refractivity contribution in [2.24, 2.45) is 11.3 Å². The minimum absolute atomic E-state index is 0.505. The summed E-state index contributed by atoms with van der Waals surface area (Å²) in [5.41, 5.74) is 0.505. The van der Waals surface area contributed by atoms with Crippen LogP contribution in [-0.4, -0.2) is 17.3 Å². The Morgan fingerprint density at radius 2 is 1.69 bits per heavy atom. The summed E-state index contributed by atoms with van der Waals surface area (Å²) >= 11 is 6.75. The highest BCUT2D eigenvalue weighted by Gasteiger charge is 2.26. The van der Waals surface area contributed by atoms with Crippen LogP contribution in [0.15, 0.2) is 0 Å². The number of hydrogen-bond donors (Lipinski definition) is 1. The Kier molecular flexibility index (Phi) is 10.1. The topological polar surface area (TPSA) is 0 Å². The summed E-state index contributed by atoms with van der Waals surface area (Å²) < 4.78 is 0. The maximum absolute atomic E-state index is 4.60. The van der Waals surface area contributed by atoms with Gasteiger partial charge in [0.25, 0.3) is 0 Å². The fourth-order valence-corrected chi connectivity index (χ4v) is 4.29. The molecule has 0 amide bonds. The molecule has 0 saturated carbocycles. The molecule has 0 heterocycles. The first-order valence-electron chi connectivity index (χ1n) is 6.82. The van der Waals surface area contributed by atoms with Gasteiger partial charge in [0.05, 0.1) is 0 Å². The van der Waals surface area contributed by atoms with E-state index in [0.29, 0.717) is 5.41 Å². The lowest BCUT2D eigenvalue weighted by atomic mass is 9.83. The van der Waals surface area contributed by atoms with Gasteiger partial charge in [0, 0.05) is 0 Å². The summed E-state index contributed by atoms with van der Waals surface area (Å²) in [6.07, 6.45) is 6.59. The van der Waals surface area contributed by atoms with Crippen molar-refractivity contribution in [2.45, 2.75) is 59.8 Å². The van der Waals surface area contributed by atoms with Crippen molar-refractivity contribution < 1.29 is 0 Å². The number of thioether (sulfide) groups is 1. The Balaban J connectivity index is 4.08. The van der Waals surface area contributed by atoms with E-state index in [1.54, 1.807) is 0 Å². The summed E-state index contributed by atoms with van der Waals surface area (Å²) in [5.74, 6) is 4.55. The van der Waals surface area contributed by atoms with E-state index in [1.807, 2.05) is 0 Å². The average Bonchev–Trinajstić information content (AvgIpc) is 2.29. The lowest BCUT2D eigenvalue weighted by Gasteiger charge is -2.32. The molecule has 0 nitrogen and oxygen atoms in total. The van der Waals surface area contributed by atoms with E-state index >= 15 is 0 Å². The third-order valence-corrected chi connectivity index (χ3v) is 5.70. The van der Waals surface area contributed by atoms with Crippen LogP contribution >= 0.6 is 24.4 Å². The Morgan fingerprint density at radius 1 is 1.12 bits per heavy atom. The van der Waals surface area contributed by atoms with Crippen LogP contribution in [-0.2, 0) is 0 Å². The number of rotatable bonds is 10. The standard InChI is InChI=1S/C14H30S2/c1-5-8-14(11-15,9-6-2)12-16-10-13(4)7-3/h13,15H,5-12H2,1-4H3. The van der Waals surface area contributed by atoms with Crippen LogP contribution in [0.3, 0.4) is 0 Å². The van der Waals surface area contributed by atoms with Gasteiger partial charge < -0.3 is 0 Å². The van der Waals surface area contributed by atoms with Crippen molar-refractivity contribution in [2.75, 3.05) is 17.3 Å². The molecule has 0 radical (unpaired) electrons. The van der Waals surface area contributed by atoms with Gasteiger partial charge >= 0.3 is 0 Å². The minimum atomic E-state index is 0.505. The number of thiol groups is 1. The van der Waals surface area contributed by atoms with E-state index in [2.05, 4.69) is 52.1 Å². The molecule has 2 heteroatoms. The summed E-state index contributed by atoms with van der Waals surface area (Å²) in [7, 11) is 0. The molecule has 0 fully saturated rings. The van der Waals surface area contributed by atoms with E-state index in [-0.39, 0.29) is 0 Å². The van der Waals surface area contributed by atoms with Crippen molar-refractivity contribution in [1.29, 1.82) is 0 Å². The molecule has 0 aromatic heterocycles. The molecule has 0 saturated heterocycles. The molecule has 0 aliphatic heterocycles. The molecule has 0 N–H and O–H groups in total.